The highest BCUT2D eigenvalue weighted by Crippen LogP contribution is 1.99. The first-order valence-corrected chi connectivity index (χ1v) is 4.80. The maximum absolute atomic E-state index is 10.4. The number of rotatable bonds is 6. The van der Waals surface area contributed by atoms with Crippen LogP contribution in [0, 0.1) is 0 Å². The van der Waals surface area contributed by atoms with Crippen LogP contribution in [0.25, 0.3) is 0 Å². The molecule has 82 valence electrons. The standard InChI is InChI=1S/C11H15NO3/c12-10(11(13)14)8-15-7-6-9-4-2-1-3-5-9/h1-5,10H,6-8,12H2,(H,13,14). The molecule has 1 atom stereocenters. The molecular weight excluding hydrogens is 194 g/mol. The molecule has 15 heavy (non-hydrogen) atoms. The van der Waals surface area contributed by atoms with Crippen molar-refractivity contribution < 1.29 is 14.6 Å². The van der Waals surface area contributed by atoms with Crippen molar-refractivity contribution in [1.82, 2.24) is 0 Å². The summed E-state index contributed by atoms with van der Waals surface area (Å²) in [5.41, 5.74) is 6.44. The maximum atomic E-state index is 10.4. The summed E-state index contributed by atoms with van der Waals surface area (Å²) >= 11 is 0. The van der Waals surface area contributed by atoms with Crippen molar-refractivity contribution in [3.05, 3.63) is 35.9 Å². The quantitative estimate of drug-likeness (QED) is 0.675. The van der Waals surface area contributed by atoms with Crippen molar-refractivity contribution in [3.8, 4) is 0 Å². The molecule has 0 bridgehead atoms. The fourth-order valence-electron chi connectivity index (χ4n) is 1.12. The smallest absolute Gasteiger partial charge is 0.322 e. The summed E-state index contributed by atoms with van der Waals surface area (Å²) in [6.45, 7) is 0.549. The zero-order valence-corrected chi connectivity index (χ0v) is 8.43. The second kappa shape index (κ2) is 6.16. The Bertz CT molecular complexity index is 300. The molecule has 1 aromatic carbocycles. The van der Waals surface area contributed by atoms with Gasteiger partial charge < -0.3 is 15.6 Å². The molecule has 0 aliphatic heterocycles. The van der Waals surface area contributed by atoms with Gasteiger partial charge in [-0.3, -0.25) is 4.79 Å². The van der Waals surface area contributed by atoms with Crippen molar-refractivity contribution in [3.63, 3.8) is 0 Å². The Labute approximate surface area is 88.7 Å². The van der Waals surface area contributed by atoms with Gasteiger partial charge in [0.1, 0.15) is 6.04 Å². The zero-order valence-electron chi connectivity index (χ0n) is 8.43. The van der Waals surface area contributed by atoms with Gasteiger partial charge in [0.2, 0.25) is 0 Å². The fraction of sp³-hybridized carbons (Fsp3) is 0.364. The summed E-state index contributed by atoms with van der Waals surface area (Å²) in [4.78, 5) is 10.4. The fourth-order valence-corrected chi connectivity index (χ4v) is 1.12. The van der Waals surface area contributed by atoms with E-state index < -0.39 is 12.0 Å². The number of hydrogen-bond acceptors (Lipinski definition) is 3. The lowest BCUT2D eigenvalue weighted by Crippen LogP contribution is -2.35. The molecule has 0 spiro atoms. The van der Waals surface area contributed by atoms with E-state index in [0.717, 1.165) is 6.42 Å². The van der Waals surface area contributed by atoms with Crippen molar-refractivity contribution in [2.24, 2.45) is 5.73 Å². The molecule has 0 aromatic heterocycles. The summed E-state index contributed by atoms with van der Waals surface area (Å²) in [6, 6.07) is 8.93. The van der Waals surface area contributed by atoms with E-state index in [9.17, 15) is 4.79 Å². The molecule has 0 saturated carbocycles. The van der Waals surface area contributed by atoms with Crippen molar-refractivity contribution >= 4 is 5.97 Å². The van der Waals surface area contributed by atoms with Crippen LogP contribution in [0.4, 0.5) is 0 Å². The first-order chi connectivity index (χ1) is 7.20. The Balaban J connectivity index is 2.15. The number of benzene rings is 1. The van der Waals surface area contributed by atoms with Crippen LogP contribution in [0.1, 0.15) is 5.56 Å². The molecule has 3 N–H and O–H groups in total. The molecule has 0 aliphatic rings. The summed E-state index contributed by atoms with van der Waals surface area (Å²) in [5, 5.41) is 8.49. The average molecular weight is 209 g/mol. The van der Waals surface area contributed by atoms with E-state index in [1.165, 1.54) is 5.56 Å². The van der Waals surface area contributed by atoms with Gasteiger partial charge in [-0.25, -0.2) is 0 Å². The lowest BCUT2D eigenvalue weighted by Gasteiger charge is -2.07. The molecule has 0 saturated heterocycles. The van der Waals surface area contributed by atoms with E-state index in [4.69, 9.17) is 15.6 Å². The monoisotopic (exact) mass is 209 g/mol. The minimum absolute atomic E-state index is 0.0577. The first-order valence-electron chi connectivity index (χ1n) is 4.80. The predicted molar refractivity (Wildman–Crippen MR) is 56.6 cm³/mol. The number of carboxylic acids is 1. The normalized spacial score (nSPS) is 12.3. The number of hydrogen-bond donors (Lipinski definition) is 2. The number of carbonyl (C=O) groups is 1. The van der Waals surface area contributed by atoms with Crippen LogP contribution in [-0.4, -0.2) is 30.3 Å². The summed E-state index contributed by atoms with van der Waals surface area (Å²) in [5.74, 6) is -1.03. The molecule has 4 heteroatoms. The molecule has 0 radical (unpaired) electrons. The summed E-state index contributed by atoms with van der Waals surface area (Å²) in [7, 11) is 0. The van der Waals surface area contributed by atoms with E-state index in [0.29, 0.717) is 6.61 Å². The summed E-state index contributed by atoms with van der Waals surface area (Å²) in [6.07, 6.45) is 0.771. The van der Waals surface area contributed by atoms with E-state index >= 15 is 0 Å². The van der Waals surface area contributed by atoms with E-state index in [-0.39, 0.29) is 6.61 Å². The lowest BCUT2D eigenvalue weighted by atomic mass is 10.2. The highest BCUT2D eigenvalue weighted by Gasteiger charge is 2.10. The molecule has 1 unspecified atom stereocenters. The predicted octanol–water partition coefficient (Wildman–Crippen LogP) is 0.658. The lowest BCUT2D eigenvalue weighted by molar-refractivity contribution is -0.139. The number of nitrogens with two attached hydrogens (primary N) is 1. The Morgan fingerprint density at radius 3 is 2.67 bits per heavy atom. The largest absolute Gasteiger partial charge is 0.480 e. The highest BCUT2D eigenvalue weighted by atomic mass is 16.5. The first kappa shape index (κ1) is 11.7. The van der Waals surface area contributed by atoms with E-state index in [1.54, 1.807) is 0 Å². The second-order valence-electron chi connectivity index (χ2n) is 3.26. The SMILES string of the molecule is NC(COCCc1ccccc1)C(=O)O. The minimum atomic E-state index is -1.03. The average Bonchev–Trinajstić information content (AvgIpc) is 2.25. The number of ether oxygens (including phenoxy) is 1. The third-order valence-corrected chi connectivity index (χ3v) is 1.99. The van der Waals surface area contributed by atoms with E-state index in [1.807, 2.05) is 30.3 Å². The minimum Gasteiger partial charge on any atom is -0.480 e. The van der Waals surface area contributed by atoms with Crippen LogP contribution in [0.3, 0.4) is 0 Å². The Hall–Kier alpha value is -1.39. The van der Waals surface area contributed by atoms with Crippen molar-refractivity contribution in [2.45, 2.75) is 12.5 Å². The zero-order chi connectivity index (χ0) is 11.1. The van der Waals surface area contributed by atoms with Gasteiger partial charge >= 0.3 is 5.97 Å². The van der Waals surface area contributed by atoms with Crippen LogP contribution in [0.5, 0.6) is 0 Å². The molecule has 0 heterocycles. The Morgan fingerprint density at radius 1 is 1.40 bits per heavy atom. The number of carboxylic acid groups (broad SMARTS) is 1. The van der Waals surface area contributed by atoms with Crippen LogP contribution in [-0.2, 0) is 16.0 Å². The second-order valence-corrected chi connectivity index (χ2v) is 3.26. The third-order valence-electron chi connectivity index (χ3n) is 1.99. The molecule has 1 rings (SSSR count). The van der Waals surface area contributed by atoms with Gasteiger partial charge in [-0.1, -0.05) is 30.3 Å². The van der Waals surface area contributed by atoms with Gasteiger partial charge in [0.15, 0.2) is 0 Å². The summed E-state index contributed by atoms with van der Waals surface area (Å²) < 4.78 is 5.15. The van der Waals surface area contributed by atoms with Gasteiger partial charge in [0.25, 0.3) is 0 Å². The molecule has 0 fully saturated rings. The third kappa shape index (κ3) is 4.58. The van der Waals surface area contributed by atoms with Crippen LogP contribution >= 0.6 is 0 Å². The number of aliphatic carboxylic acids is 1. The Kier molecular flexibility index (Phi) is 4.80. The Morgan fingerprint density at radius 2 is 2.07 bits per heavy atom. The van der Waals surface area contributed by atoms with Gasteiger partial charge in [0.05, 0.1) is 13.2 Å². The van der Waals surface area contributed by atoms with Crippen molar-refractivity contribution in [2.75, 3.05) is 13.2 Å². The van der Waals surface area contributed by atoms with Gasteiger partial charge in [-0.15, -0.1) is 0 Å². The van der Waals surface area contributed by atoms with Gasteiger partial charge in [-0.05, 0) is 12.0 Å². The molecular formula is C11H15NO3. The van der Waals surface area contributed by atoms with Gasteiger partial charge in [0, 0.05) is 0 Å². The topological polar surface area (TPSA) is 72.5 Å². The van der Waals surface area contributed by atoms with Gasteiger partial charge in [-0.2, -0.15) is 0 Å². The van der Waals surface area contributed by atoms with Crippen molar-refractivity contribution in [1.29, 1.82) is 0 Å². The maximum Gasteiger partial charge on any atom is 0.322 e. The molecule has 1 aromatic rings. The van der Waals surface area contributed by atoms with Crippen LogP contribution < -0.4 is 5.73 Å². The van der Waals surface area contributed by atoms with Crippen LogP contribution in [0.2, 0.25) is 0 Å². The highest BCUT2D eigenvalue weighted by molar-refractivity contribution is 5.73. The molecule has 4 nitrogen and oxygen atoms in total. The molecule has 0 amide bonds. The molecule has 0 aliphatic carbocycles. The van der Waals surface area contributed by atoms with E-state index in [2.05, 4.69) is 0 Å². The van der Waals surface area contributed by atoms with Crippen LogP contribution in [0.15, 0.2) is 30.3 Å².